The maximum atomic E-state index is 10.9. The van der Waals surface area contributed by atoms with Gasteiger partial charge in [0.2, 0.25) is 0 Å². The number of aromatic nitrogens is 2. The molecule has 0 aliphatic heterocycles. The summed E-state index contributed by atoms with van der Waals surface area (Å²) in [5.74, 6) is 0.151. The minimum atomic E-state index is -0.887. The van der Waals surface area contributed by atoms with Crippen LogP contribution in [0.5, 0.6) is 0 Å². The summed E-state index contributed by atoms with van der Waals surface area (Å²) in [7, 11) is 0. The molecule has 0 unspecified atom stereocenters. The van der Waals surface area contributed by atoms with Crippen molar-refractivity contribution < 1.29 is 9.90 Å². The summed E-state index contributed by atoms with van der Waals surface area (Å²) in [6.45, 7) is 4.73. The number of aromatic carboxylic acids is 1. The molecular weight excluding hydrogens is 228 g/mol. The van der Waals surface area contributed by atoms with Crippen molar-refractivity contribution in [2.75, 3.05) is 0 Å². The zero-order valence-corrected chi connectivity index (χ0v) is 10.6. The van der Waals surface area contributed by atoms with Crippen molar-refractivity contribution in [2.45, 2.75) is 26.8 Å². The van der Waals surface area contributed by atoms with E-state index in [0.29, 0.717) is 5.56 Å². The summed E-state index contributed by atoms with van der Waals surface area (Å²) in [6.07, 6.45) is 4.63. The van der Waals surface area contributed by atoms with E-state index >= 15 is 0 Å². The van der Waals surface area contributed by atoms with Crippen LogP contribution in [0.25, 0.3) is 0 Å². The number of carboxylic acid groups (broad SMARTS) is 1. The van der Waals surface area contributed by atoms with Gasteiger partial charge in [-0.3, -0.25) is 0 Å². The second-order valence-corrected chi connectivity index (χ2v) is 4.27. The van der Waals surface area contributed by atoms with E-state index in [-0.39, 0.29) is 0 Å². The smallest absolute Gasteiger partial charge is 0.335 e. The van der Waals surface area contributed by atoms with Crippen LogP contribution in [-0.4, -0.2) is 20.6 Å². The first-order valence-corrected chi connectivity index (χ1v) is 5.94. The van der Waals surface area contributed by atoms with E-state index < -0.39 is 5.97 Å². The number of carboxylic acids is 1. The third-order valence-corrected chi connectivity index (χ3v) is 3.05. The molecule has 0 saturated heterocycles. The van der Waals surface area contributed by atoms with Gasteiger partial charge in [0.05, 0.1) is 5.56 Å². The maximum absolute atomic E-state index is 10.9. The molecule has 1 aromatic heterocycles. The van der Waals surface area contributed by atoms with Crippen LogP contribution >= 0.6 is 0 Å². The lowest BCUT2D eigenvalue weighted by Crippen LogP contribution is -2.06. The van der Waals surface area contributed by atoms with E-state index in [9.17, 15) is 4.79 Å². The largest absolute Gasteiger partial charge is 0.478 e. The van der Waals surface area contributed by atoms with Gasteiger partial charge in [-0.1, -0.05) is 13.0 Å². The Kier molecular flexibility index (Phi) is 3.46. The first-order valence-electron chi connectivity index (χ1n) is 5.94. The molecule has 0 bridgehead atoms. The van der Waals surface area contributed by atoms with Crippen LogP contribution in [-0.2, 0) is 13.0 Å². The van der Waals surface area contributed by atoms with Gasteiger partial charge in [0.15, 0.2) is 0 Å². The Balaban J connectivity index is 2.27. The van der Waals surface area contributed by atoms with E-state index in [4.69, 9.17) is 5.11 Å². The van der Waals surface area contributed by atoms with Crippen molar-refractivity contribution in [1.29, 1.82) is 0 Å². The summed E-state index contributed by atoms with van der Waals surface area (Å²) in [6, 6.07) is 5.23. The van der Waals surface area contributed by atoms with Crippen molar-refractivity contribution in [3.05, 3.63) is 53.1 Å². The van der Waals surface area contributed by atoms with E-state index in [1.165, 1.54) is 0 Å². The minimum Gasteiger partial charge on any atom is -0.478 e. The highest BCUT2D eigenvalue weighted by Crippen LogP contribution is 2.14. The predicted octanol–water partition coefficient (Wildman–Crippen LogP) is 2.50. The van der Waals surface area contributed by atoms with Gasteiger partial charge in [-0.2, -0.15) is 0 Å². The summed E-state index contributed by atoms with van der Waals surface area (Å²) in [4.78, 5) is 15.1. The molecule has 1 aromatic carbocycles. The van der Waals surface area contributed by atoms with E-state index in [1.54, 1.807) is 18.3 Å². The first-order chi connectivity index (χ1) is 8.61. The summed E-state index contributed by atoms with van der Waals surface area (Å²) >= 11 is 0. The van der Waals surface area contributed by atoms with Gasteiger partial charge in [0.25, 0.3) is 0 Å². The lowest BCUT2D eigenvalue weighted by molar-refractivity contribution is 0.0697. The quantitative estimate of drug-likeness (QED) is 0.899. The van der Waals surface area contributed by atoms with E-state index in [2.05, 4.69) is 16.5 Å². The van der Waals surface area contributed by atoms with Gasteiger partial charge in [-0.15, -0.1) is 0 Å². The number of nitrogens with zero attached hydrogens (tertiary/aromatic N) is 2. The second kappa shape index (κ2) is 5.04. The van der Waals surface area contributed by atoms with Crippen LogP contribution in [0.15, 0.2) is 30.6 Å². The molecule has 0 saturated carbocycles. The third kappa shape index (κ3) is 2.42. The lowest BCUT2D eigenvalue weighted by atomic mass is 10.1. The molecule has 2 aromatic rings. The van der Waals surface area contributed by atoms with Crippen molar-refractivity contribution in [3.8, 4) is 0 Å². The maximum Gasteiger partial charge on any atom is 0.335 e. The molecule has 18 heavy (non-hydrogen) atoms. The minimum absolute atomic E-state index is 0.331. The van der Waals surface area contributed by atoms with Crippen molar-refractivity contribution >= 4 is 5.97 Å². The molecule has 0 aliphatic rings. The zero-order chi connectivity index (χ0) is 13.1. The van der Waals surface area contributed by atoms with Gasteiger partial charge in [0, 0.05) is 25.4 Å². The topological polar surface area (TPSA) is 55.1 Å². The highest BCUT2D eigenvalue weighted by molar-refractivity contribution is 5.87. The molecule has 0 fully saturated rings. The molecule has 2 rings (SSSR count). The Bertz CT molecular complexity index is 573. The number of benzene rings is 1. The Labute approximate surface area is 106 Å². The van der Waals surface area contributed by atoms with Crippen molar-refractivity contribution in [3.63, 3.8) is 0 Å². The first kappa shape index (κ1) is 12.4. The monoisotopic (exact) mass is 244 g/mol. The standard InChI is InChI=1S/C14H16N2O2/c1-3-13-15-6-7-16(13)9-12-5-4-11(14(17)18)8-10(12)2/h4-8H,3,9H2,1-2H3,(H,17,18). The Morgan fingerprint density at radius 2 is 2.22 bits per heavy atom. The van der Waals surface area contributed by atoms with E-state index in [1.807, 2.05) is 19.2 Å². The predicted molar refractivity (Wildman–Crippen MR) is 68.8 cm³/mol. The number of aryl methyl sites for hydroxylation is 2. The highest BCUT2D eigenvalue weighted by Gasteiger charge is 2.07. The Morgan fingerprint density at radius 3 is 2.83 bits per heavy atom. The fourth-order valence-corrected chi connectivity index (χ4v) is 1.99. The Hall–Kier alpha value is -2.10. The average Bonchev–Trinajstić information content (AvgIpc) is 2.78. The van der Waals surface area contributed by atoms with Crippen LogP contribution in [0.1, 0.15) is 34.2 Å². The Morgan fingerprint density at radius 1 is 1.44 bits per heavy atom. The van der Waals surface area contributed by atoms with Gasteiger partial charge in [0.1, 0.15) is 5.82 Å². The lowest BCUT2D eigenvalue weighted by Gasteiger charge is -2.10. The highest BCUT2D eigenvalue weighted by atomic mass is 16.4. The average molecular weight is 244 g/mol. The molecule has 4 nitrogen and oxygen atoms in total. The van der Waals surface area contributed by atoms with Crippen molar-refractivity contribution in [2.24, 2.45) is 0 Å². The summed E-state index contributed by atoms with van der Waals surface area (Å²) in [5.41, 5.74) is 2.44. The van der Waals surface area contributed by atoms with Crippen LogP contribution in [0.3, 0.4) is 0 Å². The number of hydrogen-bond donors (Lipinski definition) is 1. The van der Waals surface area contributed by atoms with Crippen LogP contribution in [0, 0.1) is 6.92 Å². The van der Waals surface area contributed by atoms with Crippen LogP contribution in [0.2, 0.25) is 0 Å². The third-order valence-electron chi connectivity index (χ3n) is 3.05. The summed E-state index contributed by atoms with van der Waals surface area (Å²) < 4.78 is 2.09. The molecule has 1 heterocycles. The zero-order valence-electron chi connectivity index (χ0n) is 10.6. The number of imidazole rings is 1. The molecular formula is C14H16N2O2. The SMILES string of the molecule is CCc1nccn1Cc1ccc(C(=O)O)cc1C. The molecule has 4 heteroatoms. The molecule has 94 valence electrons. The normalized spacial score (nSPS) is 10.6. The second-order valence-electron chi connectivity index (χ2n) is 4.27. The van der Waals surface area contributed by atoms with Gasteiger partial charge in [-0.25, -0.2) is 9.78 Å². The van der Waals surface area contributed by atoms with Gasteiger partial charge < -0.3 is 9.67 Å². The molecule has 0 amide bonds. The van der Waals surface area contributed by atoms with Crippen LogP contribution in [0.4, 0.5) is 0 Å². The van der Waals surface area contributed by atoms with Gasteiger partial charge in [-0.05, 0) is 30.2 Å². The molecule has 0 spiro atoms. The molecule has 0 radical (unpaired) electrons. The van der Waals surface area contributed by atoms with Crippen molar-refractivity contribution in [1.82, 2.24) is 9.55 Å². The molecule has 0 atom stereocenters. The summed E-state index contributed by atoms with van der Waals surface area (Å²) in [5, 5.41) is 8.92. The number of carbonyl (C=O) groups is 1. The molecule has 0 aliphatic carbocycles. The number of rotatable bonds is 4. The van der Waals surface area contributed by atoms with E-state index in [0.717, 1.165) is 29.9 Å². The van der Waals surface area contributed by atoms with Crippen LogP contribution < -0.4 is 0 Å². The fourth-order valence-electron chi connectivity index (χ4n) is 1.99. The fraction of sp³-hybridized carbons (Fsp3) is 0.286. The van der Waals surface area contributed by atoms with Gasteiger partial charge >= 0.3 is 5.97 Å². The number of hydrogen-bond acceptors (Lipinski definition) is 2. The molecule has 1 N–H and O–H groups in total.